The average molecular weight is 365 g/mol. The molecule has 0 saturated carbocycles. The summed E-state index contributed by atoms with van der Waals surface area (Å²) >= 11 is 12.0. The quantitative estimate of drug-likeness (QED) is 0.534. The highest BCUT2D eigenvalue weighted by atomic mass is 35.5. The van der Waals surface area contributed by atoms with Gasteiger partial charge in [0.05, 0.1) is 17.1 Å². The first-order valence-corrected chi connectivity index (χ1v) is 7.56. The van der Waals surface area contributed by atoms with Gasteiger partial charge < -0.3 is 9.63 Å². The molecule has 0 radical (unpaired) electrons. The second kappa shape index (κ2) is 6.60. The molecule has 8 heteroatoms. The molecular formula is C16H10Cl2N2O4. The van der Waals surface area contributed by atoms with Crippen molar-refractivity contribution in [1.29, 1.82) is 0 Å². The van der Waals surface area contributed by atoms with E-state index in [0.717, 1.165) is 0 Å². The number of non-ortho nitro benzene ring substituents is 1. The Labute approximate surface area is 146 Å². The maximum Gasteiger partial charge on any atom is 0.270 e. The summed E-state index contributed by atoms with van der Waals surface area (Å²) in [4.78, 5) is 10.4. The van der Waals surface area contributed by atoms with Crippen molar-refractivity contribution in [2.75, 3.05) is 0 Å². The van der Waals surface area contributed by atoms with E-state index in [-0.39, 0.29) is 18.1 Å². The zero-order chi connectivity index (χ0) is 17.3. The fourth-order valence-corrected chi connectivity index (χ4v) is 2.89. The lowest BCUT2D eigenvalue weighted by Crippen LogP contribution is -1.91. The van der Waals surface area contributed by atoms with Gasteiger partial charge in [-0.05, 0) is 18.2 Å². The third kappa shape index (κ3) is 3.12. The Morgan fingerprint density at radius 1 is 1.12 bits per heavy atom. The predicted molar refractivity (Wildman–Crippen MR) is 90.0 cm³/mol. The number of nitrogens with zero attached hydrogens (tertiary/aromatic N) is 2. The van der Waals surface area contributed by atoms with E-state index in [1.807, 2.05) is 0 Å². The van der Waals surface area contributed by atoms with Gasteiger partial charge in [-0.15, -0.1) is 0 Å². The summed E-state index contributed by atoms with van der Waals surface area (Å²) < 4.78 is 5.32. The van der Waals surface area contributed by atoms with Crippen molar-refractivity contribution < 1.29 is 14.6 Å². The van der Waals surface area contributed by atoms with Gasteiger partial charge in [0.2, 0.25) is 0 Å². The van der Waals surface area contributed by atoms with Crippen LogP contribution in [0.1, 0.15) is 5.56 Å². The SMILES string of the molecule is O=[N+]([O-])c1cccc(-c2onc(-c3cc(Cl)cc(Cl)c3)c2CO)c1. The third-order valence-corrected chi connectivity index (χ3v) is 3.84. The van der Waals surface area contributed by atoms with Crippen LogP contribution in [0.3, 0.4) is 0 Å². The molecule has 6 nitrogen and oxygen atoms in total. The van der Waals surface area contributed by atoms with Crippen LogP contribution in [0, 0.1) is 10.1 Å². The summed E-state index contributed by atoms with van der Waals surface area (Å²) in [6.45, 7) is -0.360. The van der Waals surface area contributed by atoms with Crippen LogP contribution in [0.2, 0.25) is 10.0 Å². The highest BCUT2D eigenvalue weighted by Crippen LogP contribution is 2.35. The minimum Gasteiger partial charge on any atom is -0.391 e. The molecule has 0 aliphatic rings. The van der Waals surface area contributed by atoms with Crippen molar-refractivity contribution in [2.45, 2.75) is 6.61 Å². The lowest BCUT2D eigenvalue weighted by Gasteiger charge is -2.03. The van der Waals surface area contributed by atoms with Gasteiger partial charge in [0.25, 0.3) is 5.69 Å². The third-order valence-electron chi connectivity index (χ3n) is 3.40. The maximum atomic E-state index is 10.9. The van der Waals surface area contributed by atoms with Gasteiger partial charge in [-0.1, -0.05) is 40.5 Å². The summed E-state index contributed by atoms with van der Waals surface area (Å²) in [5, 5.41) is 25.5. The lowest BCUT2D eigenvalue weighted by atomic mass is 10.0. The van der Waals surface area contributed by atoms with E-state index in [1.54, 1.807) is 24.3 Å². The van der Waals surface area contributed by atoms with Crippen molar-refractivity contribution in [3.8, 4) is 22.6 Å². The highest BCUT2D eigenvalue weighted by Gasteiger charge is 2.20. The molecule has 0 spiro atoms. The molecule has 2 aromatic carbocycles. The summed E-state index contributed by atoms with van der Waals surface area (Å²) in [5.41, 5.74) is 1.72. The standard InChI is InChI=1S/C16H10Cl2N2O4/c17-11-4-10(5-12(18)7-11)15-14(8-21)16(24-19-15)9-2-1-3-13(6-9)20(22)23/h1-7,21H,8H2. The second-order valence-electron chi connectivity index (χ2n) is 4.96. The molecule has 0 saturated heterocycles. The van der Waals surface area contributed by atoms with Crippen LogP contribution in [-0.2, 0) is 6.61 Å². The van der Waals surface area contributed by atoms with Gasteiger partial charge in [-0.25, -0.2) is 0 Å². The Kier molecular flexibility index (Phi) is 4.53. The second-order valence-corrected chi connectivity index (χ2v) is 5.84. The van der Waals surface area contributed by atoms with E-state index in [2.05, 4.69) is 5.16 Å². The molecule has 1 aromatic heterocycles. The molecule has 0 atom stereocenters. The average Bonchev–Trinajstić information content (AvgIpc) is 2.98. The van der Waals surface area contributed by atoms with Crippen LogP contribution in [0.25, 0.3) is 22.6 Å². The van der Waals surface area contributed by atoms with Crippen LogP contribution in [0.15, 0.2) is 47.0 Å². The van der Waals surface area contributed by atoms with E-state index in [0.29, 0.717) is 32.4 Å². The van der Waals surface area contributed by atoms with Crippen molar-refractivity contribution in [3.05, 3.63) is 68.2 Å². The van der Waals surface area contributed by atoms with E-state index < -0.39 is 4.92 Å². The number of aromatic nitrogens is 1. The molecule has 3 rings (SSSR count). The fourth-order valence-electron chi connectivity index (χ4n) is 2.36. The number of benzene rings is 2. The van der Waals surface area contributed by atoms with Gasteiger partial charge in [0, 0.05) is 33.3 Å². The number of aliphatic hydroxyl groups excluding tert-OH is 1. The largest absolute Gasteiger partial charge is 0.391 e. The molecular weight excluding hydrogens is 355 g/mol. The summed E-state index contributed by atoms with van der Waals surface area (Å²) in [6.07, 6.45) is 0. The predicted octanol–water partition coefficient (Wildman–Crippen LogP) is 4.72. The molecule has 1 N–H and O–H groups in total. The number of rotatable bonds is 4. The molecule has 24 heavy (non-hydrogen) atoms. The van der Waals surface area contributed by atoms with Gasteiger partial charge in [0.15, 0.2) is 5.76 Å². The van der Waals surface area contributed by atoms with Crippen LogP contribution < -0.4 is 0 Å². The smallest absolute Gasteiger partial charge is 0.270 e. The summed E-state index contributed by atoms with van der Waals surface area (Å²) in [7, 11) is 0. The van der Waals surface area contributed by atoms with E-state index >= 15 is 0 Å². The van der Waals surface area contributed by atoms with Crippen LogP contribution in [0.4, 0.5) is 5.69 Å². The first kappa shape index (κ1) is 16.4. The van der Waals surface area contributed by atoms with E-state index in [1.165, 1.54) is 18.2 Å². The maximum absolute atomic E-state index is 10.9. The first-order chi connectivity index (χ1) is 11.5. The molecule has 0 amide bonds. The van der Waals surface area contributed by atoms with Gasteiger partial charge in [-0.3, -0.25) is 10.1 Å². The van der Waals surface area contributed by atoms with Gasteiger partial charge in [-0.2, -0.15) is 0 Å². The molecule has 122 valence electrons. The molecule has 0 aliphatic heterocycles. The summed E-state index contributed by atoms with van der Waals surface area (Å²) in [5.74, 6) is 0.257. The lowest BCUT2D eigenvalue weighted by molar-refractivity contribution is -0.384. The van der Waals surface area contributed by atoms with E-state index in [4.69, 9.17) is 27.7 Å². The monoisotopic (exact) mass is 364 g/mol. The van der Waals surface area contributed by atoms with E-state index in [9.17, 15) is 15.2 Å². The van der Waals surface area contributed by atoms with Gasteiger partial charge in [0.1, 0.15) is 5.69 Å². The Hall–Kier alpha value is -2.41. The first-order valence-electron chi connectivity index (χ1n) is 6.80. The zero-order valence-corrected chi connectivity index (χ0v) is 13.6. The minimum absolute atomic E-state index is 0.0832. The topological polar surface area (TPSA) is 89.4 Å². The number of aliphatic hydroxyl groups is 1. The number of nitro benzene ring substituents is 1. The van der Waals surface area contributed by atoms with Crippen LogP contribution in [-0.4, -0.2) is 15.2 Å². The van der Waals surface area contributed by atoms with Crippen molar-refractivity contribution >= 4 is 28.9 Å². The minimum atomic E-state index is -0.504. The molecule has 3 aromatic rings. The van der Waals surface area contributed by atoms with Crippen LogP contribution in [0.5, 0.6) is 0 Å². The Morgan fingerprint density at radius 3 is 2.46 bits per heavy atom. The molecule has 1 heterocycles. The van der Waals surface area contributed by atoms with Crippen molar-refractivity contribution in [2.24, 2.45) is 0 Å². The number of nitro groups is 1. The molecule has 0 aliphatic carbocycles. The Bertz CT molecular complexity index is 904. The number of hydrogen-bond donors (Lipinski definition) is 1. The number of hydrogen-bond acceptors (Lipinski definition) is 5. The van der Waals surface area contributed by atoms with Crippen LogP contribution >= 0.6 is 23.2 Å². The highest BCUT2D eigenvalue weighted by molar-refractivity contribution is 6.35. The normalized spacial score (nSPS) is 10.8. The number of halogens is 2. The zero-order valence-electron chi connectivity index (χ0n) is 12.1. The Balaban J connectivity index is 2.13. The molecule has 0 unspecified atom stereocenters. The summed E-state index contributed by atoms with van der Waals surface area (Å²) in [6, 6.07) is 10.8. The van der Waals surface area contributed by atoms with Crippen molar-refractivity contribution in [1.82, 2.24) is 5.16 Å². The molecule has 0 fully saturated rings. The Morgan fingerprint density at radius 2 is 1.83 bits per heavy atom. The fraction of sp³-hybridized carbons (Fsp3) is 0.0625. The van der Waals surface area contributed by atoms with Gasteiger partial charge >= 0.3 is 0 Å². The van der Waals surface area contributed by atoms with Crippen molar-refractivity contribution in [3.63, 3.8) is 0 Å². The molecule has 0 bridgehead atoms.